The summed E-state index contributed by atoms with van der Waals surface area (Å²) >= 11 is 5.70. The van der Waals surface area contributed by atoms with Crippen LogP contribution in [-0.4, -0.2) is 47.4 Å². The molecule has 5 rings (SSSR count). The molecular weight excluding hydrogens is 621 g/mol. The number of rotatable bonds is 10. The van der Waals surface area contributed by atoms with Crippen molar-refractivity contribution >= 4 is 41.0 Å². The van der Waals surface area contributed by atoms with E-state index < -0.39 is 28.6 Å². The second-order valence-corrected chi connectivity index (χ2v) is 11.3. The number of benzene rings is 3. The first-order valence-corrected chi connectivity index (χ1v) is 15.1. The minimum Gasteiger partial charge on any atom is -0.392 e. The highest BCUT2D eigenvalue weighted by Gasteiger charge is 2.33. The molecule has 1 aliphatic rings. The van der Waals surface area contributed by atoms with E-state index in [1.54, 1.807) is 30.3 Å². The Morgan fingerprint density at radius 3 is 2.59 bits per heavy atom. The summed E-state index contributed by atoms with van der Waals surface area (Å²) in [5.41, 5.74) is 3.95. The zero-order valence-electron chi connectivity index (χ0n) is 24.8. The van der Waals surface area contributed by atoms with E-state index in [2.05, 4.69) is 20.7 Å². The summed E-state index contributed by atoms with van der Waals surface area (Å²) in [6.45, 7) is 2.68. The van der Waals surface area contributed by atoms with Crippen LogP contribution in [0.5, 0.6) is 0 Å². The van der Waals surface area contributed by atoms with Gasteiger partial charge >= 0.3 is 6.18 Å². The smallest absolute Gasteiger partial charge is 0.392 e. The number of aliphatic hydroxyl groups excluding tert-OH is 1. The van der Waals surface area contributed by atoms with Gasteiger partial charge in [0.1, 0.15) is 25.5 Å². The van der Waals surface area contributed by atoms with Gasteiger partial charge in [0.2, 0.25) is 6.33 Å². The lowest BCUT2D eigenvalue weighted by atomic mass is 10.1. The van der Waals surface area contributed by atoms with Crippen LogP contribution in [0.15, 0.2) is 84.5 Å². The fraction of sp³-hybridized carbons (Fsp3) is 0.273. The van der Waals surface area contributed by atoms with Gasteiger partial charge in [-0.1, -0.05) is 29.8 Å². The number of halogens is 4. The molecule has 0 spiro atoms. The summed E-state index contributed by atoms with van der Waals surface area (Å²) in [6.07, 6.45) is 5.21. The number of piperidine rings is 1. The lowest BCUT2D eigenvalue weighted by molar-refractivity contribution is -0.687. The molecule has 0 saturated carbocycles. The molecule has 2 heterocycles. The van der Waals surface area contributed by atoms with E-state index in [-0.39, 0.29) is 23.4 Å². The molecule has 2 amide bonds. The van der Waals surface area contributed by atoms with Crippen molar-refractivity contribution in [2.75, 3.05) is 29.9 Å². The van der Waals surface area contributed by atoms with E-state index in [0.29, 0.717) is 18.7 Å². The van der Waals surface area contributed by atoms with Gasteiger partial charge in [-0.3, -0.25) is 9.59 Å². The number of nitrogens with one attached hydrogen (secondary N) is 2. The fourth-order valence-electron chi connectivity index (χ4n) is 5.24. The first-order chi connectivity index (χ1) is 22.1. The number of carbonyl (C=O) groups is 2. The monoisotopic (exact) mass is 653 g/mol. The Morgan fingerprint density at radius 2 is 1.83 bits per heavy atom. The lowest BCUT2D eigenvalue weighted by Gasteiger charge is -2.29. The summed E-state index contributed by atoms with van der Waals surface area (Å²) in [5.74, 6) is -1.07. The molecule has 3 N–H and O–H groups in total. The van der Waals surface area contributed by atoms with Crippen molar-refractivity contribution in [3.8, 4) is 0 Å². The second-order valence-electron chi connectivity index (χ2n) is 10.9. The molecule has 0 bridgehead atoms. The van der Waals surface area contributed by atoms with Gasteiger partial charge in [0.05, 0.1) is 34.7 Å². The average Bonchev–Trinajstić information content (AvgIpc) is 3.48. The summed E-state index contributed by atoms with van der Waals surface area (Å²) in [4.78, 5) is 28.9. The van der Waals surface area contributed by atoms with Crippen LogP contribution in [0.2, 0.25) is 5.02 Å². The predicted molar refractivity (Wildman–Crippen MR) is 169 cm³/mol. The standard InChI is InChI=1S/C33H32ClF3N6O3/c34-29-9-7-23(18-28(29)33(35,36)37)20-38-40-32(46)27-19-26(43-11-2-1-3-12-43)8-10-30(27)39-31(45)25-6-4-5-24(17-25)21-42-14-13-41(22-42)15-16-44/h4-10,13-14,17-20,22,44H,1-3,11-12,15-16,21H2,(H-,39,40,45,46)/p+1. The van der Waals surface area contributed by atoms with E-state index in [1.165, 1.54) is 6.07 Å². The highest BCUT2D eigenvalue weighted by atomic mass is 35.5. The van der Waals surface area contributed by atoms with Gasteiger partial charge < -0.3 is 15.3 Å². The van der Waals surface area contributed by atoms with E-state index in [1.807, 2.05) is 40.0 Å². The summed E-state index contributed by atoms with van der Waals surface area (Å²) in [6, 6.07) is 15.6. The number of carbonyl (C=O) groups excluding carboxylic acids is 2. The SMILES string of the molecule is O=C(Nc1ccc(N2CCCCC2)cc1C(=O)NN=Cc1ccc(Cl)c(C(F)(F)F)c1)c1cccc(C[n+]2ccn(CCO)c2)c1. The molecule has 13 heteroatoms. The third-order valence-electron chi connectivity index (χ3n) is 7.55. The quantitative estimate of drug-likeness (QED) is 0.120. The van der Waals surface area contributed by atoms with E-state index in [9.17, 15) is 22.8 Å². The molecule has 240 valence electrons. The van der Waals surface area contributed by atoms with Crippen LogP contribution in [0.4, 0.5) is 24.5 Å². The Hall–Kier alpha value is -4.68. The number of anilines is 2. The maximum atomic E-state index is 13.4. The van der Waals surface area contributed by atoms with E-state index in [4.69, 9.17) is 16.7 Å². The highest BCUT2D eigenvalue weighted by molar-refractivity contribution is 6.31. The molecule has 0 aliphatic carbocycles. The normalized spacial score (nSPS) is 13.6. The molecule has 1 fully saturated rings. The number of hydrogen-bond donors (Lipinski definition) is 3. The van der Waals surface area contributed by atoms with Gasteiger partial charge in [-0.25, -0.2) is 14.6 Å². The largest absolute Gasteiger partial charge is 0.417 e. The van der Waals surface area contributed by atoms with Gasteiger partial charge in [-0.2, -0.15) is 18.3 Å². The summed E-state index contributed by atoms with van der Waals surface area (Å²) in [7, 11) is 0. The highest BCUT2D eigenvalue weighted by Crippen LogP contribution is 2.35. The van der Waals surface area contributed by atoms with Crippen LogP contribution < -0.4 is 20.2 Å². The topological polar surface area (TPSA) is 103 Å². The Morgan fingerprint density at radius 1 is 1.02 bits per heavy atom. The molecule has 0 radical (unpaired) electrons. The minimum absolute atomic E-state index is 0.0286. The number of aromatic nitrogens is 2. The predicted octanol–water partition coefficient (Wildman–Crippen LogP) is 5.49. The number of imidazole rings is 1. The second kappa shape index (κ2) is 14.6. The van der Waals surface area contributed by atoms with Crippen molar-refractivity contribution < 1.29 is 32.4 Å². The third kappa shape index (κ3) is 8.32. The molecule has 1 saturated heterocycles. The fourth-order valence-corrected chi connectivity index (χ4v) is 5.46. The first-order valence-electron chi connectivity index (χ1n) is 14.8. The number of alkyl halides is 3. The van der Waals surface area contributed by atoms with Crippen molar-refractivity contribution in [3.05, 3.63) is 112 Å². The molecule has 9 nitrogen and oxygen atoms in total. The van der Waals surface area contributed by atoms with Crippen LogP contribution in [0.3, 0.4) is 0 Å². The Balaban J connectivity index is 1.35. The molecule has 4 aromatic rings. The maximum Gasteiger partial charge on any atom is 0.417 e. The zero-order chi connectivity index (χ0) is 32.7. The van der Waals surface area contributed by atoms with Crippen molar-refractivity contribution in [1.29, 1.82) is 0 Å². The Bertz CT molecular complexity index is 1730. The number of nitrogens with zero attached hydrogens (tertiary/aromatic N) is 4. The first kappa shape index (κ1) is 32.7. The van der Waals surface area contributed by atoms with E-state index >= 15 is 0 Å². The van der Waals surface area contributed by atoms with Gasteiger partial charge in [-0.05, 0) is 72.9 Å². The molecule has 0 unspecified atom stereocenters. The summed E-state index contributed by atoms with van der Waals surface area (Å²) in [5, 5.41) is 15.4. The molecular formula is C33H33ClF3N6O3+. The molecule has 1 aromatic heterocycles. The van der Waals surface area contributed by atoms with Crippen LogP contribution in [0, 0.1) is 0 Å². The van der Waals surface area contributed by atoms with Gasteiger partial charge in [-0.15, -0.1) is 0 Å². The Labute approximate surface area is 268 Å². The van der Waals surface area contributed by atoms with Gasteiger partial charge in [0, 0.05) is 24.3 Å². The van der Waals surface area contributed by atoms with Crippen LogP contribution in [-0.2, 0) is 19.3 Å². The van der Waals surface area contributed by atoms with Crippen molar-refractivity contribution in [2.45, 2.75) is 38.5 Å². The average molecular weight is 654 g/mol. The van der Waals surface area contributed by atoms with Crippen LogP contribution in [0.25, 0.3) is 0 Å². The number of amides is 2. The molecule has 3 aromatic carbocycles. The number of hydrazone groups is 1. The van der Waals surface area contributed by atoms with Crippen LogP contribution >= 0.6 is 11.6 Å². The number of aliphatic hydroxyl groups is 1. The maximum absolute atomic E-state index is 13.4. The van der Waals surface area contributed by atoms with E-state index in [0.717, 1.165) is 62.0 Å². The molecule has 0 atom stereocenters. The van der Waals surface area contributed by atoms with Crippen molar-refractivity contribution in [1.82, 2.24) is 9.99 Å². The Kier molecular flexibility index (Phi) is 10.4. The summed E-state index contributed by atoms with van der Waals surface area (Å²) < 4.78 is 43.6. The minimum atomic E-state index is -4.64. The zero-order valence-corrected chi connectivity index (χ0v) is 25.6. The van der Waals surface area contributed by atoms with Crippen LogP contribution in [0.1, 0.15) is 56.7 Å². The molecule has 1 aliphatic heterocycles. The lowest BCUT2D eigenvalue weighted by Crippen LogP contribution is -2.31. The molecule has 46 heavy (non-hydrogen) atoms. The van der Waals surface area contributed by atoms with Gasteiger partial charge in [0.25, 0.3) is 11.8 Å². The number of hydrogen-bond acceptors (Lipinski definition) is 5. The van der Waals surface area contributed by atoms with Crippen molar-refractivity contribution in [2.24, 2.45) is 5.10 Å². The third-order valence-corrected chi connectivity index (χ3v) is 7.88. The van der Waals surface area contributed by atoms with Crippen molar-refractivity contribution in [3.63, 3.8) is 0 Å². The van der Waals surface area contributed by atoms with Gasteiger partial charge in [0.15, 0.2) is 0 Å².